The van der Waals surface area contributed by atoms with Gasteiger partial charge >= 0.3 is 0 Å². The molecule has 0 aliphatic heterocycles. The van der Waals surface area contributed by atoms with Gasteiger partial charge in [0.25, 0.3) is 5.91 Å². The van der Waals surface area contributed by atoms with Crippen molar-refractivity contribution in [1.29, 1.82) is 0 Å². The monoisotopic (exact) mass is 394 g/mol. The topological polar surface area (TPSA) is 66.5 Å². The van der Waals surface area contributed by atoms with Crippen LogP contribution in [0.15, 0.2) is 36.4 Å². The van der Waals surface area contributed by atoms with Gasteiger partial charge in [0.05, 0.1) is 28.6 Å². The number of rotatable bonds is 5. The fourth-order valence-electron chi connectivity index (χ4n) is 2.47. The molecule has 5 nitrogen and oxygen atoms in total. The van der Waals surface area contributed by atoms with Crippen molar-refractivity contribution in [2.75, 3.05) is 17.6 Å². The van der Waals surface area contributed by atoms with E-state index in [1.54, 1.807) is 6.07 Å². The van der Waals surface area contributed by atoms with Crippen LogP contribution >= 0.6 is 11.6 Å². The standard InChI is InChI=1S/C19H23ClN2O3S/c1-12-6-7-15(10-13(12)2)14(3)21-19(23)17-9-8-16(11-18(17)20)22(4)26(5,24)25/h6-11,14H,1-5H3,(H,21,23)/t14-/m0/s1. The van der Waals surface area contributed by atoms with Crippen molar-refractivity contribution < 1.29 is 13.2 Å². The smallest absolute Gasteiger partial charge is 0.253 e. The summed E-state index contributed by atoms with van der Waals surface area (Å²) < 4.78 is 24.3. The van der Waals surface area contributed by atoms with E-state index in [0.717, 1.165) is 21.7 Å². The van der Waals surface area contributed by atoms with Crippen LogP contribution in [0.25, 0.3) is 0 Å². The van der Waals surface area contributed by atoms with Gasteiger partial charge in [-0.25, -0.2) is 8.42 Å². The fraction of sp³-hybridized carbons (Fsp3) is 0.316. The Morgan fingerprint density at radius 2 is 1.77 bits per heavy atom. The highest BCUT2D eigenvalue weighted by atomic mass is 35.5. The van der Waals surface area contributed by atoms with Crippen molar-refractivity contribution in [3.63, 3.8) is 0 Å². The Bertz CT molecular complexity index is 942. The summed E-state index contributed by atoms with van der Waals surface area (Å²) in [5.74, 6) is -0.311. The quantitative estimate of drug-likeness (QED) is 0.837. The highest BCUT2D eigenvalue weighted by molar-refractivity contribution is 7.92. The molecule has 2 aromatic carbocycles. The lowest BCUT2D eigenvalue weighted by atomic mass is 10.0. The second kappa shape index (κ2) is 7.68. The zero-order valence-corrected chi connectivity index (χ0v) is 17.1. The molecule has 7 heteroatoms. The summed E-state index contributed by atoms with van der Waals surface area (Å²) in [6, 6.07) is 10.4. The van der Waals surface area contributed by atoms with Crippen molar-refractivity contribution in [1.82, 2.24) is 5.32 Å². The molecule has 0 aromatic heterocycles. The van der Waals surface area contributed by atoms with E-state index in [4.69, 9.17) is 11.6 Å². The number of aryl methyl sites for hydroxylation is 2. The Morgan fingerprint density at radius 3 is 2.31 bits per heavy atom. The normalized spacial score (nSPS) is 12.5. The van der Waals surface area contributed by atoms with E-state index >= 15 is 0 Å². The number of amides is 1. The van der Waals surface area contributed by atoms with E-state index in [0.29, 0.717) is 11.3 Å². The summed E-state index contributed by atoms with van der Waals surface area (Å²) in [5, 5.41) is 3.12. The average molecular weight is 395 g/mol. The number of carbonyl (C=O) groups is 1. The van der Waals surface area contributed by atoms with Gasteiger partial charge < -0.3 is 5.32 Å². The predicted octanol–water partition coefficient (Wildman–Crippen LogP) is 3.84. The van der Waals surface area contributed by atoms with Crippen molar-refractivity contribution in [2.45, 2.75) is 26.8 Å². The Kier molecular flexibility index (Phi) is 5.98. The molecule has 0 unspecified atom stereocenters. The SMILES string of the molecule is Cc1ccc([C@H](C)NC(=O)c2ccc(N(C)S(C)(=O)=O)cc2Cl)cc1C. The first kappa shape index (κ1) is 20.3. The first-order valence-corrected chi connectivity index (χ1v) is 10.3. The Morgan fingerprint density at radius 1 is 1.12 bits per heavy atom. The zero-order chi connectivity index (χ0) is 19.6. The van der Waals surface area contributed by atoms with E-state index in [-0.39, 0.29) is 17.0 Å². The summed E-state index contributed by atoms with van der Waals surface area (Å²) in [5.41, 5.74) is 4.06. The number of carbonyl (C=O) groups excluding carboxylic acids is 1. The molecule has 0 heterocycles. The first-order chi connectivity index (χ1) is 12.0. The van der Waals surface area contributed by atoms with E-state index in [1.165, 1.54) is 24.7 Å². The fourth-order valence-corrected chi connectivity index (χ4v) is 3.22. The lowest BCUT2D eigenvalue weighted by Gasteiger charge is -2.19. The molecule has 0 bridgehead atoms. The first-order valence-electron chi connectivity index (χ1n) is 8.12. The van der Waals surface area contributed by atoms with Crippen molar-refractivity contribution >= 4 is 33.2 Å². The van der Waals surface area contributed by atoms with Crippen LogP contribution in [-0.2, 0) is 10.0 Å². The molecule has 140 valence electrons. The third kappa shape index (κ3) is 4.56. The Labute approximate surface area is 160 Å². The Hall–Kier alpha value is -2.05. The molecule has 0 radical (unpaired) electrons. The minimum Gasteiger partial charge on any atom is -0.345 e. The molecule has 0 saturated heterocycles. The van der Waals surface area contributed by atoms with Crippen LogP contribution in [0.1, 0.15) is 40.0 Å². The second-order valence-corrected chi connectivity index (χ2v) is 8.85. The number of benzene rings is 2. The lowest BCUT2D eigenvalue weighted by Crippen LogP contribution is -2.27. The van der Waals surface area contributed by atoms with Gasteiger partial charge in [0.2, 0.25) is 10.0 Å². The van der Waals surface area contributed by atoms with Crippen LogP contribution in [0.5, 0.6) is 0 Å². The molecule has 26 heavy (non-hydrogen) atoms. The number of hydrogen-bond acceptors (Lipinski definition) is 3. The zero-order valence-electron chi connectivity index (χ0n) is 15.5. The third-order valence-electron chi connectivity index (χ3n) is 4.44. The summed E-state index contributed by atoms with van der Waals surface area (Å²) in [6.45, 7) is 5.97. The molecular formula is C19H23ClN2O3S. The number of anilines is 1. The molecule has 0 aliphatic rings. The van der Waals surface area contributed by atoms with Crippen molar-refractivity contribution in [3.05, 3.63) is 63.7 Å². The predicted molar refractivity (Wildman–Crippen MR) is 106 cm³/mol. The number of sulfonamides is 1. The average Bonchev–Trinajstić information content (AvgIpc) is 2.55. The van der Waals surface area contributed by atoms with Crippen LogP contribution in [0.4, 0.5) is 5.69 Å². The highest BCUT2D eigenvalue weighted by Crippen LogP contribution is 2.25. The van der Waals surface area contributed by atoms with E-state index in [9.17, 15) is 13.2 Å². The number of halogens is 1. The number of hydrogen-bond donors (Lipinski definition) is 1. The highest BCUT2D eigenvalue weighted by Gasteiger charge is 2.18. The number of nitrogens with zero attached hydrogens (tertiary/aromatic N) is 1. The molecule has 0 spiro atoms. The summed E-state index contributed by atoms with van der Waals surface area (Å²) in [6.07, 6.45) is 1.10. The van der Waals surface area contributed by atoms with Gasteiger partial charge in [0, 0.05) is 7.05 Å². The lowest BCUT2D eigenvalue weighted by molar-refractivity contribution is 0.0940. The van der Waals surface area contributed by atoms with Gasteiger partial charge in [-0.1, -0.05) is 29.8 Å². The van der Waals surface area contributed by atoms with Crippen LogP contribution in [0.2, 0.25) is 5.02 Å². The van der Waals surface area contributed by atoms with Crippen LogP contribution in [0.3, 0.4) is 0 Å². The summed E-state index contributed by atoms with van der Waals surface area (Å²) in [7, 11) is -1.96. The van der Waals surface area contributed by atoms with Gasteiger partial charge in [-0.2, -0.15) is 0 Å². The van der Waals surface area contributed by atoms with Crippen LogP contribution in [-0.4, -0.2) is 27.6 Å². The van der Waals surface area contributed by atoms with E-state index in [2.05, 4.69) is 5.32 Å². The minimum atomic E-state index is -3.39. The van der Waals surface area contributed by atoms with Gasteiger partial charge in [0.1, 0.15) is 0 Å². The van der Waals surface area contributed by atoms with Gasteiger partial charge in [0.15, 0.2) is 0 Å². The maximum Gasteiger partial charge on any atom is 0.253 e. The van der Waals surface area contributed by atoms with Gasteiger partial charge in [-0.05, 0) is 55.7 Å². The van der Waals surface area contributed by atoms with Crippen molar-refractivity contribution in [3.8, 4) is 0 Å². The molecular weight excluding hydrogens is 372 g/mol. The summed E-state index contributed by atoms with van der Waals surface area (Å²) in [4.78, 5) is 12.6. The summed E-state index contributed by atoms with van der Waals surface area (Å²) >= 11 is 6.21. The van der Waals surface area contributed by atoms with Crippen molar-refractivity contribution in [2.24, 2.45) is 0 Å². The molecule has 0 fully saturated rings. The maximum absolute atomic E-state index is 12.6. The van der Waals surface area contributed by atoms with Gasteiger partial charge in [-0.3, -0.25) is 9.10 Å². The maximum atomic E-state index is 12.6. The van der Waals surface area contributed by atoms with Gasteiger partial charge in [-0.15, -0.1) is 0 Å². The minimum absolute atomic E-state index is 0.184. The largest absolute Gasteiger partial charge is 0.345 e. The van der Waals surface area contributed by atoms with Crippen LogP contribution in [0, 0.1) is 13.8 Å². The van der Waals surface area contributed by atoms with E-state index < -0.39 is 10.0 Å². The molecule has 0 saturated carbocycles. The van der Waals surface area contributed by atoms with E-state index in [1.807, 2.05) is 39.0 Å². The van der Waals surface area contributed by atoms with Crippen LogP contribution < -0.4 is 9.62 Å². The molecule has 2 rings (SSSR count). The molecule has 2 aromatic rings. The second-order valence-electron chi connectivity index (χ2n) is 6.43. The Balaban J connectivity index is 2.20. The molecule has 1 amide bonds. The number of nitrogens with one attached hydrogen (secondary N) is 1. The molecule has 1 atom stereocenters. The molecule has 0 aliphatic carbocycles. The molecule has 1 N–H and O–H groups in total. The third-order valence-corrected chi connectivity index (χ3v) is 5.96.